The highest BCUT2D eigenvalue weighted by Gasteiger charge is 2.36. The van der Waals surface area contributed by atoms with Crippen LogP contribution < -0.4 is 0 Å². The zero-order valence-corrected chi connectivity index (χ0v) is 35.0. The average molecular weight is 790 g/mol. The second-order valence-corrected chi connectivity index (χ2v) is 17.6. The predicted molar refractivity (Wildman–Crippen MR) is 257 cm³/mol. The number of hydrogen-bond acceptors (Lipinski definition) is 2. The fourth-order valence-electron chi connectivity index (χ4n) is 9.53. The Labute approximate surface area is 354 Å². The molecule has 60 heavy (non-hydrogen) atoms. The number of aliphatic imine (C=N–C) groups is 2. The molecule has 2 aromatic heterocycles. The van der Waals surface area contributed by atoms with Crippen molar-refractivity contribution in [2.24, 2.45) is 9.98 Å². The average Bonchev–Trinajstić information content (AvgIpc) is 3.91. The summed E-state index contributed by atoms with van der Waals surface area (Å²) in [5.41, 5.74) is 15.2. The monoisotopic (exact) mass is 789 g/mol. The predicted octanol–water partition coefficient (Wildman–Crippen LogP) is 15.1. The first-order valence-corrected chi connectivity index (χ1v) is 21.6. The molecule has 1 aliphatic rings. The molecule has 2 heterocycles. The van der Waals surface area contributed by atoms with Gasteiger partial charge in [0.15, 0.2) is 5.84 Å². The maximum absolute atomic E-state index is 5.42. The van der Waals surface area contributed by atoms with Crippen LogP contribution in [0.25, 0.3) is 69.9 Å². The highest BCUT2D eigenvalue weighted by atomic mass is 32.1. The standard InChI is InChI=1S/C56H43N3S/c1-35(37-18-7-5-8-19-37)57-55(58-36(2)38-20-9-6-10-21-38)39-30-31-42(44-25-17-26-45-43-24-13-16-29-53(43)60-54(44)45)51(32-39)59-50-28-15-12-23-41(50)47-33-46-40-22-11-14-27-48(40)56(3,4)49(46)34-52(47)59/h5-35H,1-4H3/b57-55-,58-36+. The third kappa shape index (κ3) is 5.77. The SMILES string of the molecule is C/C(=N\C(=N/C(C)c1ccccc1)c1ccc(-c2cccc3c2sc2ccccc23)c(-n2c3ccccc3c3cc4c(cc32)C(C)(C)c2ccccc2-4)c1)c1ccccc1. The van der Waals surface area contributed by atoms with Gasteiger partial charge < -0.3 is 4.57 Å². The second-order valence-electron chi connectivity index (χ2n) is 16.6. The molecule has 4 heteroatoms. The van der Waals surface area contributed by atoms with Crippen LogP contribution in [0.2, 0.25) is 0 Å². The summed E-state index contributed by atoms with van der Waals surface area (Å²) in [6, 6.07) is 66.0. The van der Waals surface area contributed by atoms with Gasteiger partial charge in [0.25, 0.3) is 0 Å². The molecule has 1 unspecified atom stereocenters. The molecule has 8 aromatic carbocycles. The molecule has 0 saturated carbocycles. The minimum absolute atomic E-state index is 0.108. The van der Waals surface area contributed by atoms with E-state index in [2.05, 4.69) is 208 Å². The minimum Gasteiger partial charge on any atom is -0.309 e. The van der Waals surface area contributed by atoms with Crippen LogP contribution in [0.4, 0.5) is 0 Å². The third-order valence-corrected chi connectivity index (χ3v) is 13.9. The van der Waals surface area contributed by atoms with Gasteiger partial charge in [-0.05, 0) is 77.6 Å². The molecule has 10 aromatic rings. The van der Waals surface area contributed by atoms with Gasteiger partial charge in [-0.3, -0.25) is 4.99 Å². The summed E-state index contributed by atoms with van der Waals surface area (Å²) in [6.07, 6.45) is 0. The van der Waals surface area contributed by atoms with Gasteiger partial charge in [0, 0.05) is 58.8 Å². The van der Waals surface area contributed by atoms with Gasteiger partial charge in [-0.1, -0.05) is 166 Å². The van der Waals surface area contributed by atoms with E-state index in [-0.39, 0.29) is 11.5 Å². The number of thiophene rings is 1. The Kier molecular flexibility index (Phi) is 8.54. The summed E-state index contributed by atoms with van der Waals surface area (Å²) in [5.74, 6) is 0.707. The van der Waals surface area contributed by atoms with Gasteiger partial charge in [-0.2, -0.15) is 0 Å². The summed E-state index contributed by atoms with van der Waals surface area (Å²) in [6.45, 7) is 8.99. The fraction of sp³-hybridized carbons (Fsp3) is 0.107. The normalized spacial score (nSPS) is 14.3. The van der Waals surface area contributed by atoms with E-state index in [0.717, 1.165) is 28.1 Å². The largest absolute Gasteiger partial charge is 0.309 e. The number of rotatable bonds is 6. The van der Waals surface area contributed by atoms with Gasteiger partial charge in [-0.15, -0.1) is 11.3 Å². The van der Waals surface area contributed by atoms with Crippen LogP contribution in [0.1, 0.15) is 61.6 Å². The van der Waals surface area contributed by atoms with E-state index < -0.39 is 0 Å². The molecule has 1 atom stereocenters. The molecule has 0 spiro atoms. The van der Waals surface area contributed by atoms with Crippen molar-refractivity contribution in [3.63, 3.8) is 0 Å². The van der Waals surface area contributed by atoms with Gasteiger partial charge in [0.2, 0.25) is 0 Å². The second kappa shape index (κ2) is 14.1. The van der Waals surface area contributed by atoms with Gasteiger partial charge in [-0.25, -0.2) is 4.99 Å². The van der Waals surface area contributed by atoms with Gasteiger partial charge in [0.05, 0.1) is 22.8 Å². The Morgan fingerprint density at radius 2 is 1.22 bits per heavy atom. The smallest absolute Gasteiger partial charge is 0.155 e. The lowest BCUT2D eigenvalue weighted by Crippen LogP contribution is -2.15. The topological polar surface area (TPSA) is 29.6 Å². The molecule has 0 fully saturated rings. The molecular weight excluding hydrogens is 747 g/mol. The fourth-order valence-corrected chi connectivity index (χ4v) is 10.8. The van der Waals surface area contributed by atoms with Crippen molar-refractivity contribution in [1.29, 1.82) is 0 Å². The van der Waals surface area contributed by atoms with Gasteiger partial charge in [0.1, 0.15) is 0 Å². The molecule has 0 saturated heterocycles. The van der Waals surface area contributed by atoms with Gasteiger partial charge >= 0.3 is 0 Å². The molecule has 0 radical (unpaired) electrons. The number of amidine groups is 1. The first-order chi connectivity index (χ1) is 29.3. The van der Waals surface area contributed by atoms with E-state index in [1.807, 2.05) is 17.4 Å². The van der Waals surface area contributed by atoms with Crippen LogP contribution in [-0.2, 0) is 5.41 Å². The van der Waals surface area contributed by atoms with Crippen LogP contribution in [0.3, 0.4) is 0 Å². The third-order valence-electron chi connectivity index (χ3n) is 12.6. The van der Waals surface area contributed by atoms with Crippen molar-refractivity contribution in [3.8, 4) is 27.9 Å². The summed E-state index contributed by atoms with van der Waals surface area (Å²) in [5, 5.41) is 5.06. The molecule has 11 rings (SSSR count). The van der Waals surface area contributed by atoms with Crippen LogP contribution in [0, 0.1) is 0 Å². The number of nitrogens with zero attached hydrogens (tertiary/aromatic N) is 3. The molecule has 1 aliphatic carbocycles. The summed E-state index contributed by atoms with van der Waals surface area (Å²) in [7, 11) is 0. The molecule has 0 amide bonds. The first-order valence-electron chi connectivity index (χ1n) is 20.8. The van der Waals surface area contributed by atoms with E-state index in [1.54, 1.807) is 0 Å². The lowest BCUT2D eigenvalue weighted by molar-refractivity contribution is 0.661. The molecule has 0 bridgehead atoms. The minimum atomic E-state index is -0.147. The lowest BCUT2D eigenvalue weighted by Gasteiger charge is -2.22. The summed E-state index contributed by atoms with van der Waals surface area (Å²) >= 11 is 1.87. The zero-order valence-electron chi connectivity index (χ0n) is 34.1. The van der Waals surface area contributed by atoms with Crippen LogP contribution in [-0.4, -0.2) is 16.1 Å². The Morgan fingerprint density at radius 1 is 0.533 bits per heavy atom. The van der Waals surface area contributed by atoms with Crippen LogP contribution in [0.15, 0.2) is 192 Å². The van der Waals surface area contributed by atoms with Crippen molar-refractivity contribution in [2.45, 2.75) is 39.2 Å². The molecule has 288 valence electrons. The number of hydrogen-bond donors (Lipinski definition) is 0. The number of benzene rings is 8. The lowest BCUT2D eigenvalue weighted by atomic mass is 9.82. The van der Waals surface area contributed by atoms with E-state index in [0.29, 0.717) is 5.84 Å². The Hall–Kier alpha value is -6.88. The van der Waals surface area contributed by atoms with Crippen molar-refractivity contribution >= 4 is 64.9 Å². The quantitative estimate of drug-likeness (QED) is 0.119. The molecule has 3 nitrogen and oxygen atoms in total. The number of para-hydroxylation sites is 1. The van der Waals surface area contributed by atoms with E-state index >= 15 is 0 Å². The Bertz CT molecular complexity index is 3360. The summed E-state index contributed by atoms with van der Waals surface area (Å²) in [4.78, 5) is 10.8. The Balaban J connectivity index is 1.22. The highest BCUT2D eigenvalue weighted by molar-refractivity contribution is 7.26. The van der Waals surface area contributed by atoms with Crippen molar-refractivity contribution in [2.75, 3.05) is 0 Å². The van der Waals surface area contributed by atoms with E-state index in [1.165, 1.54) is 75.4 Å². The first kappa shape index (κ1) is 36.2. The maximum atomic E-state index is 5.42. The molecular formula is C56H43N3S. The van der Waals surface area contributed by atoms with E-state index in [9.17, 15) is 0 Å². The number of fused-ring (bicyclic) bond motifs is 9. The van der Waals surface area contributed by atoms with Crippen molar-refractivity contribution in [3.05, 3.63) is 210 Å². The van der Waals surface area contributed by atoms with Crippen molar-refractivity contribution in [1.82, 2.24) is 4.57 Å². The molecule has 0 N–H and O–H groups in total. The van der Waals surface area contributed by atoms with Crippen molar-refractivity contribution < 1.29 is 0 Å². The Morgan fingerprint density at radius 3 is 2.05 bits per heavy atom. The maximum Gasteiger partial charge on any atom is 0.155 e. The molecule has 0 aliphatic heterocycles. The van der Waals surface area contributed by atoms with Crippen LogP contribution >= 0.6 is 11.3 Å². The van der Waals surface area contributed by atoms with E-state index in [4.69, 9.17) is 9.98 Å². The van der Waals surface area contributed by atoms with Crippen LogP contribution in [0.5, 0.6) is 0 Å². The highest BCUT2D eigenvalue weighted by Crippen LogP contribution is 2.51. The summed E-state index contributed by atoms with van der Waals surface area (Å²) < 4.78 is 5.10. The zero-order chi connectivity index (χ0) is 40.5. The number of aromatic nitrogens is 1.